The monoisotopic (exact) mass is 363 g/mol. The lowest BCUT2D eigenvalue weighted by Crippen LogP contribution is -1.93. The molecule has 0 aromatic heterocycles. The van der Waals surface area contributed by atoms with Crippen molar-refractivity contribution >= 4 is 39.9 Å². The van der Waals surface area contributed by atoms with Crippen LogP contribution in [-0.2, 0) is 0 Å². The summed E-state index contributed by atoms with van der Waals surface area (Å²) in [5.41, 5.74) is 6.31. The number of nitrogens with two attached hydrogens (primary N) is 1. The second kappa shape index (κ2) is 5.10. The van der Waals surface area contributed by atoms with Crippen molar-refractivity contribution < 1.29 is 9.13 Å². The molecular formula is C12H8ClFINO. The third-order valence-electron chi connectivity index (χ3n) is 2.09. The van der Waals surface area contributed by atoms with Gasteiger partial charge in [-0.15, -0.1) is 0 Å². The van der Waals surface area contributed by atoms with E-state index in [2.05, 4.69) is 22.6 Å². The first-order chi connectivity index (χ1) is 8.06. The van der Waals surface area contributed by atoms with Crippen LogP contribution in [0.1, 0.15) is 0 Å². The van der Waals surface area contributed by atoms with Crippen LogP contribution in [0.3, 0.4) is 0 Å². The quantitative estimate of drug-likeness (QED) is 0.632. The molecule has 2 aromatic carbocycles. The SMILES string of the molecule is Nc1cc(I)ccc1Oc1ccc(F)cc1Cl. The van der Waals surface area contributed by atoms with E-state index >= 15 is 0 Å². The number of ether oxygens (including phenoxy) is 1. The van der Waals surface area contributed by atoms with Crippen LogP contribution in [0.5, 0.6) is 11.5 Å². The van der Waals surface area contributed by atoms with Gasteiger partial charge in [0.25, 0.3) is 0 Å². The zero-order chi connectivity index (χ0) is 12.4. The van der Waals surface area contributed by atoms with E-state index in [1.54, 1.807) is 12.1 Å². The van der Waals surface area contributed by atoms with Gasteiger partial charge < -0.3 is 10.5 Å². The van der Waals surface area contributed by atoms with E-state index in [4.69, 9.17) is 22.1 Å². The molecule has 0 heterocycles. The Morgan fingerprint density at radius 1 is 1.12 bits per heavy atom. The van der Waals surface area contributed by atoms with Gasteiger partial charge in [-0.25, -0.2) is 4.39 Å². The lowest BCUT2D eigenvalue weighted by atomic mass is 10.3. The second-order valence-corrected chi connectivity index (χ2v) is 5.01. The van der Waals surface area contributed by atoms with Crippen LogP contribution in [0.25, 0.3) is 0 Å². The normalized spacial score (nSPS) is 10.3. The predicted octanol–water partition coefficient (Wildman–Crippen LogP) is 4.46. The van der Waals surface area contributed by atoms with Gasteiger partial charge in [0.15, 0.2) is 0 Å². The predicted molar refractivity (Wildman–Crippen MR) is 75.1 cm³/mol. The van der Waals surface area contributed by atoms with E-state index < -0.39 is 5.82 Å². The summed E-state index contributed by atoms with van der Waals surface area (Å²) < 4.78 is 19.4. The number of nitrogen functional groups attached to an aromatic ring is 1. The molecule has 2 nitrogen and oxygen atoms in total. The molecule has 5 heteroatoms. The Morgan fingerprint density at radius 3 is 2.47 bits per heavy atom. The van der Waals surface area contributed by atoms with Crippen LogP contribution in [0.15, 0.2) is 36.4 Å². The molecule has 0 amide bonds. The van der Waals surface area contributed by atoms with Crippen molar-refractivity contribution in [2.75, 3.05) is 5.73 Å². The van der Waals surface area contributed by atoms with Gasteiger partial charge >= 0.3 is 0 Å². The second-order valence-electron chi connectivity index (χ2n) is 3.36. The van der Waals surface area contributed by atoms with Crippen molar-refractivity contribution in [3.8, 4) is 11.5 Å². The largest absolute Gasteiger partial charge is 0.454 e. The molecule has 0 fully saturated rings. The Morgan fingerprint density at radius 2 is 1.82 bits per heavy atom. The van der Waals surface area contributed by atoms with Gasteiger partial charge in [0.1, 0.15) is 17.3 Å². The van der Waals surface area contributed by atoms with E-state index in [9.17, 15) is 4.39 Å². The van der Waals surface area contributed by atoms with Gasteiger partial charge in [0, 0.05) is 3.57 Å². The van der Waals surface area contributed by atoms with Crippen molar-refractivity contribution in [1.82, 2.24) is 0 Å². The van der Waals surface area contributed by atoms with Crippen LogP contribution in [-0.4, -0.2) is 0 Å². The Balaban J connectivity index is 2.31. The highest BCUT2D eigenvalue weighted by Gasteiger charge is 2.07. The lowest BCUT2D eigenvalue weighted by Gasteiger charge is -2.10. The molecule has 2 N–H and O–H groups in total. The molecule has 0 unspecified atom stereocenters. The summed E-state index contributed by atoms with van der Waals surface area (Å²) in [5.74, 6) is 0.470. The molecule has 88 valence electrons. The summed E-state index contributed by atoms with van der Waals surface area (Å²) in [4.78, 5) is 0. The van der Waals surface area contributed by atoms with E-state index in [-0.39, 0.29) is 5.02 Å². The first kappa shape index (κ1) is 12.4. The van der Waals surface area contributed by atoms with Crippen LogP contribution >= 0.6 is 34.2 Å². The van der Waals surface area contributed by atoms with Gasteiger partial charge in [0.2, 0.25) is 0 Å². The standard InChI is InChI=1S/C12H8ClFINO/c13-9-5-7(14)1-3-11(9)17-12-4-2-8(15)6-10(12)16/h1-6H,16H2. The summed E-state index contributed by atoms with van der Waals surface area (Å²) >= 11 is 8.01. The number of rotatable bonds is 2. The van der Waals surface area contributed by atoms with Gasteiger partial charge in [-0.2, -0.15) is 0 Å². The highest BCUT2D eigenvalue weighted by atomic mass is 127. The maximum Gasteiger partial charge on any atom is 0.150 e. The summed E-state index contributed by atoms with van der Waals surface area (Å²) in [6.45, 7) is 0. The maximum absolute atomic E-state index is 12.9. The molecule has 0 saturated carbocycles. The Kier molecular flexibility index (Phi) is 3.73. The van der Waals surface area contributed by atoms with E-state index in [1.807, 2.05) is 6.07 Å². The van der Waals surface area contributed by atoms with Crippen LogP contribution in [0, 0.1) is 9.39 Å². The molecule has 17 heavy (non-hydrogen) atoms. The Bertz CT molecular complexity index is 513. The topological polar surface area (TPSA) is 35.2 Å². The minimum Gasteiger partial charge on any atom is -0.454 e. The Labute approximate surface area is 117 Å². The number of hydrogen-bond acceptors (Lipinski definition) is 2. The smallest absolute Gasteiger partial charge is 0.150 e. The number of anilines is 1. The van der Waals surface area contributed by atoms with Crippen molar-refractivity contribution in [2.24, 2.45) is 0 Å². The number of halogens is 3. The summed E-state index contributed by atoms with van der Waals surface area (Å²) in [7, 11) is 0. The minimum absolute atomic E-state index is 0.211. The maximum atomic E-state index is 12.9. The minimum atomic E-state index is -0.405. The fourth-order valence-electron chi connectivity index (χ4n) is 1.29. The van der Waals surface area contributed by atoms with Crippen molar-refractivity contribution in [1.29, 1.82) is 0 Å². The highest BCUT2D eigenvalue weighted by molar-refractivity contribution is 14.1. The lowest BCUT2D eigenvalue weighted by molar-refractivity contribution is 0.483. The fraction of sp³-hybridized carbons (Fsp3) is 0. The summed E-state index contributed by atoms with van der Waals surface area (Å²) in [6, 6.07) is 9.34. The van der Waals surface area contributed by atoms with E-state index in [0.29, 0.717) is 17.2 Å². The molecule has 2 aromatic rings. The van der Waals surface area contributed by atoms with Crippen molar-refractivity contribution in [3.63, 3.8) is 0 Å². The van der Waals surface area contributed by atoms with E-state index in [1.165, 1.54) is 18.2 Å². The molecule has 0 saturated heterocycles. The van der Waals surface area contributed by atoms with Crippen molar-refractivity contribution in [3.05, 3.63) is 50.8 Å². The molecule has 0 spiro atoms. The van der Waals surface area contributed by atoms with Crippen LogP contribution < -0.4 is 10.5 Å². The molecule has 2 rings (SSSR count). The van der Waals surface area contributed by atoms with Crippen LogP contribution in [0.4, 0.5) is 10.1 Å². The third kappa shape index (κ3) is 3.01. The summed E-state index contributed by atoms with van der Waals surface area (Å²) in [6.07, 6.45) is 0. The summed E-state index contributed by atoms with van der Waals surface area (Å²) in [5, 5.41) is 0.211. The highest BCUT2D eigenvalue weighted by Crippen LogP contribution is 2.33. The molecular weight excluding hydrogens is 355 g/mol. The van der Waals surface area contributed by atoms with Gasteiger partial charge in [-0.05, 0) is 59.0 Å². The molecule has 0 aliphatic heterocycles. The van der Waals surface area contributed by atoms with Crippen molar-refractivity contribution in [2.45, 2.75) is 0 Å². The number of benzene rings is 2. The molecule has 0 radical (unpaired) electrons. The van der Waals surface area contributed by atoms with Gasteiger partial charge in [0.05, 0.1) is 10.7 Å². The third-order valence-corrected chi connectivity index (χ3v) is 3.05. The van der Waals surface area contributed by atoms with E-state index in [0.717, 1.165) is 3.57 Å². The molecule has 0 aliphatic rings. The molecule has 0 aliphatic carbocycles. The number of hydrogen-bond donors (Lipinski definition) is 1. The van der Waals surface area contributed by atoms with Crippen LogP contribution in [0.2, 0.25) is 5.02 Å². The fourth-order valence-corrected chi connectivity index (χ4v) is 2.01. The van der Waals surface area contributed by atoms with Gasteiger partial charge in [-0.3, -0.25) is 0 Å². The molecule has 0 atom stereocenters. The first-order valence-corrected chi connectivity index (χ1v) is 6.20. The zero-order valence-corrected chi connectivity index (χ0v) is 11.5. The average molecular weight is 364 g/mol. The average Bonchev–Trinajstić information content (AvgIpc) is 2.25. The zero-order valence-electron chi connectivity index (χ0n) is 8.58. The van der Waals surface area contributed by atoms with Gasteiger partial charge in [-0.1, -0.05) is 11.6 Å². The Hall–Kier alpha value is -1.01. The first-order valence-electron chi connectivity index (χ1n) is 4.74. The molecule has 0 bridgehead atoms.